The Morgan fingerprint density at radius 1 is 1.08 bits per heavy atom. The van der Waals surface area contributed by atoms with Gasteiger partial charge in [-0.1, -0.05) is 66.8 Å². The fourth-order valence-electron chi connectivity index (χ4n) is 6.70. The molecule has 6 rings (SSSR count). The Labute approximate surface area is 155 Å². The molecule has 0 saturated heterocycles. The summed E-state index contributed by atoms with van der Waals surface area (Å²) in [5.74, 6) is 4.84. The molecular formula is C24H26O2. The van der Waals surface area contributed by atoms with Crippen molar-refractivity contribution in [1.82, 2.24) is 0 Å². The highest BCUT2D eigenvalue weighted by Crippen LogP contribution is 2.72. The first-order valence-corrected chi connectivity index (χ1v) is 9.94. The average molecular weight is 346 g/mol. The maximum absolute atomic E-state index is 12.4. The van der Waals surface area contributed by atoms with Crippen molar-refractivity contribution in [3.63, 3.8) is 0 Å². The number of rotatable bonds is 5. The van der Waals surface area contributed by atoms with Crippen LogP contribution in [0.25, 0.3) is 6.08 Å². The Bertz CT molecular complexity index is 775. The summed E-state index contributed by atoms with van der Waals surface area (Å²) in [6.45, 7) is 0. The Hall–Kier alpha value is -2.09. The van der Waals surface area contributed by atoms with Gasteiger partial charge in [-0.25, -0.2) is 0 Å². The third-order valence-corrected chi connectivity index (χ3v) is 7.56. The zero-order valence-electron chi connectivity index (χ0n) is 15.2. The molecule has 0 aliphatic heterocycles. The lowest BCUT2D eigenvalue weighted by atomic mass is 9.45. The Morgan fingerprint density at radius 2 is 1.88 bits per heavy atom. The molecule has 1 aromatic carbocycles. The molecule has 1 unspecified atom stereocenters. The number of hydrogen-bond donors (Lipinski definition) is 0. The van der Waals surface area contributed by atoms with Gasteiger partial charge in [-0.3, -0.25) is 4.79 Å². The van der Waals surface area contributed by atoms with Crippen molar-refractivity contribution in [2.24, 2.45) is 47.3 Å². The Kier molecular flexibility index (Phi) is 3.88. The molecule has 4 bridgehead atoms. The molecule has 0 amide bonds. The minimum absolute atomic E-state index is 0.0282. The minimum Gasteiger partial charge on any atom is -0.469 e. The largest absolute Gasteiger partial charge is 0.469 e. The number of ether oxygens (including phenoxy) is 1. The van der Waals surface area contributed by atoms with Gasteiger partial charge in [-0.05, 0) is 59.8 Å². The van der Waals surface area contributed by atoms with Crippen LogP contribution < -0.4 is 0 Å². The van der Waals surface area contributed by atoms with Gasteiger partial charge in [0, 0.05) is 0 Å². The molecule has 26 heavy (non-hydrogen) atoms. The first-order valence-electron chi connectivity index (χ1n) is 9.94. The summed E-state index contributed by atoms with van der Waals surface area (Å²) in [5.41, 5.74) is 1.23. The van der Waals surface area contributed by atoms with E-state index < -0.39 is 0 Å². The molecule has 0 heterocycles. The van der Waals surface area contributed by atoms with Crippen molar-refractivity contribution >= 4 is 12.0 Å². The van der Waals surface area contributed by atoms with Crippen LogP contribution in [0.15, 0.2) is 60.7 Å². The second kappa shape index (κ2) is 6.26. The molecule has 0 radical (unpaired) electrons. The molecule has 2 heteroatoms. The molecule has 0 spiro atoms. The van der Waals surface area contributed by atoms with Gasteiger partial charge >= 0.3 is 5.97 Å². The first-order chi connectivity index (χ1) is 12.8. The highest BCUT2D eigenvalue weighted by atomic mass is 16.5. The monoisotopic (exact) mass is 346 g/mol. The van der Waals surface area contributed by atoms with E-state index in [2.05, 4.69) is 60.7 Å². The highest BCUT2D eigenvalue weighted by Gasteiger charge is 2.69. The number of hydrogen-bond acceptors (Lipinski definition) is 2. The number of benzene rings is 1. The maximum atomic E-state index is 12.4. The second-order valence-corrected chi connectivity index (χ2v) is 8.40. The predicted octanol–water partition coefficient (Wildman–Crippen LogP) is 4.75. The molecule has 5 aliphatic carbocycles. The van der Waals surface area contributed by atoms with E-state index in [4.69, 9.17) is 4.74 Å². The highest BCUT2D eigenvalue weighted by molar-refractivity contribution is 5.74. The minimum atomic E-state index is 0.0282. The van der Waals surface area contributed by atoms with Crippen LogP contribution in [-0.2, 0) is 9.53 Å². The molecule has 1 aromatic rings. The molecule has 8 atom stereocenters. The normalized spacial score (nSPS) is 41.7. The van der Waals surface area contributed by atoms with Gasteiger partial charge in [0.25, 0.3) is 0 Å². The van der Waals surface area contributed by atoms with Crippen LogP contribution in [0.4, 0.5) is 0 Å². The molecule has 0 aromatic heterocycles. The summed E-state index contributed by atoms with van der Waals surface area (Å²) in [5, 5.41) is 0. The van der Waals surface area contributed by atoms with Gasteiger partial charge in [-0.2, -0.15) is 0 Å². The zero-order valence-corrected chi connectivity index (χ0v) is 15.2. The smallest absolute Gasteiger partial charge is 0.309 e. The van der Waals surface area contributed by atoms with Crippen LogP contribution in [0.2, 0.25) is 0 Å². The van der Waals surface area contributed by atoms with E-state index in [9.17, 15) is 4.79 Å². The third kappa shape index (κ3) is 2.27. The number of allylic oxidation sites excluding steroid dienone is 5. The lowest BCUT2D eigenvalue weighted by Gasteiger charge is -2.59. The van der Waals surface area contributed by atoms with Crippen molar-refractivity contribution in [2.45, 2.75) is 12.8 Å². The number of methoxy groups -OCH3 is 1. The molecule has 3 fully saturated rings. The number of carbonyl (C=O) groups excluding carboxylic acids is 1. The fraction of sp³-hybridized carbons (Fsp3) is 0.458. The van der Waals surface area contributed by atoms with Crippen molar-refractivity contribution in [3.05, 3.63) is 66.3 Å². The molecule has 5 aliphatic rings. The van der Waals surface area contributed by atoms with E-state index in [0.29, 0.717) is 23.7 Å². The number of carbonyl (C=O) groups is 1. The van der Waals surface area contributed by atoms with Crippen LogP contribution in [-0.4, -0.2) is 13.1 Å². The van der Waals surface area contributed by atoms with Crippen molar-refractivity contribution < 1.29 is 9.53 Å². The van der Waals surface area contributed by atoms with E-state index >= 15 is 0 Å². The lowest BCUT2D eigenvalue weighted by molar-refractivity contribution is -0.158. The maximum Gasteiger partial charge on any atom is 0.309 e. The van der Waals surface area contributed by atoms with Gasteiger partial charge in [0.05, 0.1) is 13.0 Å². The molecule has 0 N–H and O–H groups in total. The van der Waals surface area contributed by atoms with Crippen LogP contribution in [0.3, 0.4) is 0 Å². The standard InChI is InChI=1S/C24H26O2/c1-26-24(25)23-18-13-12-17-20(23)14-19-16(21(18)22(17)19)11-7-3-6-10-15-8-4-2-5-9-15/h2-10,12-13,16-23H,11,14H2,1H3/b7-3+,10-6+/t16-,17-,18?,19-,20-,21-,22-,23-/m0/s1. The van der Waals surface area contributed by atoms with Gasteiger partial charge in [0.2, 0.25) is 0 Å². The van der Waals surface area contributed by atoms with E-state index in [-0.39, 0.29) is 11.9 Å². The van der Waals surface area contributed by atoms with Gasteiger partial charge in [-0.15, -0.1) is 0 Å². The van der Waals surface area contributed by atoms with Crippen LogP contribution in [0.5, 0.6) is 0 Å². The van der Waals surface area contributed by atoms with Crippen LogP contribution in [0.1, 0.15) is 18.4 Å². The summed E-state index contributed by atoms with van der Waals surface area (Å²) in [6.07, 6.45) is 15.9. The quantitative estimate of drug-likeness (QED) is 0.437. The van der Waals surface area contributed by atoms with Crippen LogP contribution in [0, 0.1) is 47.3 Å². The molecule has 134 valence electrons. The zero-order chi connectivity index (χ0) is 17.7. The third-order valence-electron chi connectivity index (χ3n) is 7.56. The van der Waals surface area contributed by atoms with E-state index in [0.717, 1.165) is 24.2 Å². The van der Waals surface area contributed by atoms with Crippen LogP contribution >= 0.6 is 0 Å². The van der Waals surface area contributed by atoms with E-state index in [1.54, 1.807) is 7.11 Å². The van der Waals surface area contributed by atoms with Crippen molar-refractivity contribution in [1.29, 1.82) is 0 Å². The summed E-state index contributed by atoms with van der Waals surface area (Å²) in [6, 6.07) is 10.4. The topological polar surface area (TPSA) is 26.3 Å². The number of esters is 1. The van der Waals surface area contributed by atoms with Gasteiger partial charge in [0.15, 0.2) is 0 Å². The molecule has 2 nitrogen and oxygen atoms in total. The Morgan fingerprint density at radius 3 is 2.69 bits per heavy atom. The summed E-state index contributed by atoms with van der Waals surface area (Å²) >= 11 is 0. The Balaban J connectivity index is 1.27. The van der Waals surface area contributed by atoms with Gasteiger partial charge in [0.1, 0.15) is 0 Å². The molecular weight excluding hydrogens is 320 g/mol. The first kappa shape index (κ1) is 16.1. The van der Waals surface area contributed by atoms with Gasteiger partial charge < -0.3 is 4.74 Å². The molecule has 3 saturated carbocycles. The SMILES string of the molecule is COC(=O)[C@H]1C2C=C[C@H]3[C@@H]1C[C@H]1[C@H](C/C=C/C=C/c4ccccc4)[C@@H]2[C@@H]31. The average Bonchev–Trinajstić information content (AvgIpc) is 2.89. The van der Waals surface area contributed by atoms with E-state index in [1.165, 1.54) is 12.0 Å². The predicted molar refractivity (Wildman–Crippen MR) is 103 cm³/mol. The summed E-state index contributed by atoms with van der Waals surface area (Å²) in [4.78, 5) is 12.4. The fourth-order valence-corrected chi connectivity index (χ4v) is 6.70. The van der Waals surface area contributed by atoms with E-state index in [1.807, 2.05) is 6.07 Å². The summed E-state index contributed by atoms with van der Waals surface area (Å²) < 4.78 is 5.15. The second-order valence-electron chi connectivity index (χ2n) is 8.40. The van der Waals surface area contributed by atoms with Crippen molar-refractivity contribution in [2.75, 3.05) is 7.11 Å². The lowest BCUT2D eigenvalue weighted by Crippen LogP contribution is -2.56. The van der Waals surface area contributed by atoms with Crippen molar-refractivity contribution in [3.8, 4) is 0 Å². The summed E-state index contributed by atoms with van der Waals surface area (Å²) in [7, 11) is 1.55.